The summed E-state index contributed by atoms with van der Waals surface area (Å²) in [5.41, 5.74) is 0. The Morgan fingerprint density at radius 3 is 1.61 bits per heavy atom. The van der Waals surface area contributed by atoms with Crippen LogP contribution in [0.4, 0.5) is 0 Å². The van der Waals surface area contributed by atoms with E-state index in [1.54, 1.807) is 38.4 Å². The number of nitriles is 3. The molecule has 2 aliphatic heterocycles. The summed E-state index contributed by atoms with van der Waals surface area (Å²) in [5, 5.41) is 27.5. The number of likely N-dealkylation sites (tertiary alicyclic amines) is 2. The van der Waals surface area contributed by atoms with Crippen LogP contribution in [0.15, 0.2) is 64.1 Å². The smallest absolute Gasteiger partial charge is 0.245 e. The van der Waals surface area contributed by atoms with Crippen LogP contribution in [-0.2, 0) is 20.0 Å². The first kappa shape index (κ1) is 42.0. The van der Waals surface area contributed by atoms with Crippen molar-refractivity contribution < 1.29 is 16.8 Å². The summed E-state index contributed by atoms with van der Waals surface area (Å²) in [7, 11) is -7.53. The normalized spacial score (nSPS) is 22.7. The largest absolute Gasteiger partial charge is 0.306 e. The second-order valence-electron chi connectivity index (χ2n) is 13.2. The molecule has 1 saturated carbocycles. The van der Waals surface area contributed by atoms with E-state index in [1.165, 1.54) is 42.5 Å². The van der Waals surface area contributed by atoms with E-state index in [4.69, 9.17) is 10.5 Å². The van der Waals surface area contributed by atoms with Crippen molar-refractivity contribution in [1.82, 2.24) is 18.4 Å². The fraction of sp³-hybridized carbons (Fsp3) is 0.559. The van der Waals surface area contributed by atoms with Crippen LogP contribution in [0.5, 0.6) is 0 Å². The lowest BCUT2D eigenvalue weighted by Gasteiger charge is -2.30. The first-order chi connectivity index (χ1) is 24.1. The monoisotopic (exact) mass is 991 g/mol. The second kappa shape index (κ2) is 18.5. The average Bonchev–Trinajstić information content (AvgIpc) is 3.66. The summed E-state index contributed by atoms with van der Waals surface area (Å²) in [6.07, 6.45) is 12.5. The molecule has 2 aromatic rings. The molecule has 2 saturated heterocycles. The van der Waals surface area contributed by atoms with Crippen molar-refractivity contribution in [3.8, 4) is 18.5 Å². The number of hydrogen-bond donors (Lipinski definition) is 0. The summed E-state index contributed by atoms with van der Waals surface area (Å²) in [4.78, 5) is 3.63. The molecule has 51 heavy (non-hydrogen) atoms. The molecule has 0 amide bonds. The molecule has 3 fully saturated rings. The van der Waals surface area contributed by atoms with Crippen molar-refractivity contribution in [2.45, 2.75) is 99.2 Å². The maximum absolute atomic E-state index is 13.6. The molecular formula is C34H41Br4N7O4S2. The van der Waals surface area contributed by atoms with Crippen LogP contribution in [0.3, 0.4) is 0 Å². The summed E-state index contributed by atoms with van der Waals surface area (Å²) >= 11 is 13.3. The molecule has 276 valence electrons. The van der Waals surface area contributed by atoms with Crippen molar-refractivity contribution in [3.05, 3.63) is 54.3 Å². The highest BCUT2D eigenvalue weighted by molar-refractivity contribution is 9.11. The third kappa shape index (κ3) is 10.3. The van der Waals surface area contributed by atoms with Gasteiger partial charge in [-0.3, -0.25) is 0 Å². The Morgan fingerprint density at radius 1 is 0.725 bits per heavy atom. The minimum absolute atomic E-state index is 0.0488. The van der Waals surface area contributed by atoms with Gasteiger partial charge in [0.1, 0.15) is 6.54 Å². The number of benzene rings is 2. The van der Waals surface area contributed by atoms with E-state index >= 15 is 0 Å². The lowest BCUT2D eigenvalue weighted by Crippen LogP contribution is -2.43. The van der Waals surface area contributed by atoms with Crippen molar-refractivity contribution in [2.24, 2.45) is 5.92 Å². The Bertz CT molecular complexity index is 1890. The lowest BCUT2D eigenvalue weighted by atomic mass is 9.87. The van der Waals surface area contributed by atoms with E-state index in [1.807, 2.05) is 26.0 Å². The SMILES string of the molecule is C[C@H]1C[C@@H](N(CC#N)S(=O)(=O)c2cc(Br)ccc2Br)CN1C#N.C[C@H]1C[C@@H](N(CCC2CCCCC2)S(=O)(=O)c2cc(Br)ccc2Br)CN1C#N. The zero-order valence-corrected chi connectivity index (χ0v) is 36.4. The zero-order valence-electron chi connectivity index (χ0n) is 28.4. The van der Waals surface area contributed by atoms with Gasteiger partial charge in [-0.15, -0.1) is 0 Å². The summed E-state index contributed by atoms with van der Waals surface area (Å²) in [5.74, 6) is 0.600. The van der Waals surface area contributed by atoms with Crippen molar-refractivity contribution in [3.63, 3.8) is 0 Å². The van der Waals surface area contributed by atoms with Gasteiger partial charge < -0.3 is 9.80 Å². The molecule has 11 nitrogen and oxygen atoms in total. The molecule has 1 aliphatic carbocycles. The van der Waals surface area contributed by atoms with Crippen LogP contribution in [0.2, 0.25) is 0 Å². The Hall–Kier alpha value is -1.75. The second-order valence-corrected chi connectivity index (χ2v) is 20.5. The number of halogens is 4. The first-order valence-corrected chi connectivity index (χ1v) is 22.8. The molecule has 0 N–H and O–H groups in total. The average molecular weight is 995 g/mol. The Balaban J connectivity index is 0.000000233. The molecule has 5 rings (SSSR count). The molecule has 2 heterocycles. The summed E-state index contributed by atoms with van der Waals surface area (Å²) < 4.78 is 58.5. The number of rotatable bonds is 10. The van der Waals surface area contributed by atoms with Gasteiger partial charge in [-0.05, 0) is 107 Å². The van der Waals surface area contributed by atoms with E-state index in [9.17, 15) is 22.1 Å². The van der Waals surface area contributed by atoms with Crippen LogP contribution in [-0.4, -0.2) is 85.6 Å². The molecule has 3 aliphatic rings. The standard InChI is InChI=1S/C20H27Br2N3O2S.C14H14Br2N4O2S/c1-15-11-18(13-24(15)14-23)25(10-9-16-5-3-2-4-6-16)28(26,27)20-12-17(21)7-8-19(20)22;1-10-6-12(8-19(10)9-18)20(5-4-17)23(21,22)14-7-11(15)2-3-13(14)16/h7-8,12,15-16,18H,2-6,9-11,13H2,1H3;2-3,7,10,12H,5-6,8H2,1H3/t15-,18+;10-,12+/m00/s1. The van der Waals surface area contributed by atoms with Gasteiger partial charge in [0.15, 0.2) is 12.4 Å². The number of sulfonamides is 2. The quantitative estimate of drug-likeness (QED) is 0.172. The van der Waals surface area contributed by atoms with E-state index in [2.05, 4.69) is 76.1 Å². The highest BCUT2D eigenvalue weighted by Crippen LogP contribution is 2.35. The van der Waals surface area contributed by atoms with Crippen LogP contribution >= 0.6 is 63.7 Å². The molecule has 0 bridgehead atoms. The predicted molar refractivity (Wildman–Crippen MR) is 209 cm³/mol. The van der Waals surface area contributed by atoms with Gasteiger partial charge in [0, 0.05) is 61.7 Å². The predicted octanol–water partition coefficient (Wildman–Crippen LogP) is 7.79. The van der Waals surface area contributed by atoms with Crippen molar-refractivity contribution in [1.29, 1.82) is 15.8 Å². The van der Waals surface area contributed by atoms with Gasteiger partial charge >= 0.3 is 0 Å². The minimum Gasteiger partial charge on any atom is -0.306 e. The number of nitrogens with zero attached hydrogens (tertiary/aromatic N) is 7. The summed E-state index contributed by atoms with van der Waals surface area (Å²) in [6, 6.07) is 11.5. The van der Waals surface area contributed by atoms with Crippen LogP contribution in [0.25, 0.3) is 0 Å². The fourth-order valence-electron chi connectivity index (χ4n) is 7.07. The van der Waals surface area contributed by atoms with E-state index < -0.39 is 26.1 Å². The van der Waals surface area contributed by atoms with E-state index in [0.717, 1.165) is 10.9 Å². The fourth-order valence-corrected chi connectivity index (χ4v) is 13.2. The molecular weight excluding hydrogens is 954 g/mol. The van der Waals surface area contributed by atoms with Gasteiger partial charge in [0.05, 0.1) is 15.9 Å². The van der Waals surface area contributed by atoms with Crippen LogP contribution in [0.1, 0.15) is 65.2 Å². The van der Waals surface area contributed by atoms with Gasteiger partial charge in [-0.25, -0.2) is 16.8 Å². The molecule has 0 unspecified atom stereocenters. The van der Waals surface area contributed by atoms with Crippen molar-refractivity contribution in [2.75, 3.05) is 26.2 Å². The lowest BCUT2D eigenvalue weighted by molar-refractivity contribution is 0.267. The first-order valence-electron chi connectivity index (χ1n) is 16.8. The summed E-state index contributed by atoms with van der Waals surface area (Å²) in [6.45, 7) is 4.89. The molecule has 0 radical (unpaired) electrons. The topological polar surface area (TPSA) is 153 Å². The van der Waals surface area contributed by atoms with E-state index in [-0.39, 0.29) is 34.5 Å². The van der Waals surface area contributed by atoms with Gasteiger partial charge in [0.2, 0.25) is 20.0 Å². The molecule has 4 atom stereocenters. The van der Waals surface area contributed by atoms with Crippen LogP contribution in [0, 0.1) is 40.2 Å². The Morgan fingerprint density at radius 2 is 1.18 bits per heavy atom. The van der Waals surface area contributed by atoms with Gasteiger partial charge in [-0.1, -0.05) is 64.0 Å². The zero-order chi connectivity index (χ0) is 37.5. The minimum atomic E-state index is -3.86. The Labute approximate surface area is 336 Å². The van der Waals surface area contributed by atoms with Crippen molar-refractivity contribution >= 4 is 83.8 Å². The highest BCUT2D eigenvalue weighted by atomic mass is 79.9. The maximum Gasteiger partial charge on any atom is 0.245 e. The number of hydrogen-bond acceptors (Lipinski definition) is 9. The molecule has 0 aromatic heterocycles. The van der Waals surface area contributed by atoms with Gasteiger partial charge in [-0.2, -0.15) is 24.4 Å². The molecule has 2 aromatic carbocycles. The third-order valence-corrected chi connectivity index (χ3v) is 16.7. The molecule has 0 spiro atoms. The van der Waals surface area contributed by atoms with E-state index in [0.29, 0.717) is 51.8 Å². The Kier molecular flexibility index (Phi) is 15.3. The third-order valence-electron chi connectivity index (χ3n) is 9.85. The van der Waals surface area contributed by atoms with Crippen LogP contribution < -0.4 is 0 Å². The van der Waals surface area contributed by atoms with Gasteiger partial charge in [0.25, 0.3) is 0 Å². The molecule has 17 heteroatoms. The highest BCUT2D eigenvalue weighted by Gasteiger charge is 2.41. The maximum atomic E-state index is 13.6.